The molecule has 0 saturated carbocycles. The SMILES string of the molecule is CCCCOCCN(C)C1CCCNCC1. The Morgan fingerprint density at radius 3 is 2.94 bits per heavy atom. The van der Waals surface area contributed by atoms with E-state index in [1.54, 1.807) is 0 Å². The van der Waals surface area contributed by atoms with Crippen LogP contribution in [0.25, 0.3) is 0 Å². The number of hydrogen-bond acceptors (Lipinski definition) is 3. The molecule has 1 aliphatic heterocycles. The number of hydrogen-bond donors (Lipinski definition) is 1. The Balaban J connectivity index is 2.05. The first kappa shape index (κ1) is 13.9. The summed E-state index contributed by atoms with van der Waals surface area (Å²) in [5.41, 5.74) is 0. The molecule has 3 heteroatoms. The second-order valence-electron chi connectivity index (χ2n) is 4.78. The quantitative estimate of drug-likeness (QED) is 0.673. The minimum atomic E-state index is 0.754. The zero-order valence-electron chi connectivity index (χ0n) is 11.0. The van der Waals surface area contributed by atoms with Crippen LogP contribution in [0.1, 0.15) is 39.0 Å². The third-order valence-corrected chi connectivity index (χ3v) is 3.40. The average molecular weight is 228 g/mol. The zero-order valence-corrected chi connectivity index (χ0v) is 11.0. The Kier molecular flexibility index (Phi) is 7.81. The van der Waals surface area contributed by atoms with Gasteiger partial charge in [0, 0.05) is 19.2 Å². The minimum Gasteiger partial charge on any atom is -0.380 e. The van der Waals surface area contributed by atoms with E-state index in [2.05, 4.69) is 24.2 Å². The molecule has 0 aromatic heterocycles. The maximum absolute atomic E-state index is 5.61. The van der Waals surface area contributed by atoms with E-state index in [4.69, 9.17) is 4.74 Å². The molecule has 1 saturated heterocycles. The van der Waals surface area contributed by atoms with Gasteiger partial charge in [0.05, 0.1) is 6.61 Å². The first-order valence-corrected chi connectivity index (χ1v) is 6.83. The number of nitrogens with zero attached hydrogens (tertiary/aromatic N) is 1. The molecule has 0 amide bonds. The van der Waals surface area contributed by atoms with Crippen LogP contribution in [-0.4, -0.2) is 50.8 Å². The molecule has 1 rings (SSSR count). The van der Waals surface area contributed by atoms with Crippen molar-refractivity contribution in [1.29, 1.82) is 0 Å². The van der Waals surface area contributed by atoms with Crippen LogP contribution in [0.15, 0.2) is 0 Å². The molecule has 96 valence electrons. The second kappa shape index (κ2) is 8.97. The fourth-order valence-corrected chi connectivity index (χ4v) is 2.18. The predicted molar refractivity (Wildman–Crippen MR) is 68.9 cm³/mol. The highest BCUT2D eigenvalue weighted by Crippen LogP contribution is 2.11. The summed E-state index contributed by atoms with van der Waals surface area (Å²) in [6.07, 6.45) is 6.34. The lowest BCUT2D eigenvalue weighted by molar-refractivity contribution is 0.0938. The molecule has 0 radical (unpaired) electrons. The van der Waals surface area contributed by atoms with Crippen LogP contribution in [0.3, 0.4) is 0 Å². The Labute approximate surface area is 101 Å². The Morgan fingerprint density at radius 1 is 1.25 bits per heavy atom. The highest BCUT2D eigenvalue weighted by Gasteiger charge is 2.15. The lowest BCUT2D eigenvalue weighted by Crippen LogP contribution is -2.35. The molecule has 16 heavy (non-hydrogen) atoms. The maximum atomic E-state index is 5.61. The number of likely N-dealkylation sites (N-methyl/N-ethyl adjacent to an activating group) is 1. The number of ether oxygens (including phenoxy) is 1. The van der Waals surface area contributed by atoms with Gasteiger partial charge in [0.2, 0.25) is 0 Å². The van der Waals surface area contributed by atoms with Gasteiger partial charge < -0.3 is 15.0 Å². The van der Waals surface area contributed by atoms with Gasteiger partial charge in [0.1, 0.15) is 0 Å². The van der Waals surface area contributed by atoms with E-state index in [1.165, 1.54) is 45.2 Å². The van der Waals surface area contributed by atoms with Gasteiger partial charge in [-0.25, -0.2) is 0 Å². The van der Waals surface area contributed by atoms with Crippen LogP contribution < -0.4 is 5.32 Å². The van der Waals surface area contributed by atoms with Crippen molar-refractivity contribution < 1.29 is 4.74 Å². The van der Waals surface area contributed by atoms with E-state index in [0.717, 1.165) is 25.8 Å². The summed E-state index contributed by atoms with van der Waals surface area (Å²) < 4.78 is 5.61. The molecule has 0 spiro atoms. The van der Waals surface area contributed by atoms with Crippen molar-refractivity contribution in [2.45, 2.75) is 45.1 Å². The van der Waals surface area contributed by atoms with Crippen LogP contribution in [0, 0.1) is 0 Å². The fourth-order valence-electron chi connectivity index (χ4n) is 2.18. The van der Waals surface area contributed by atoms with E-state index < -0.39 is 0 Å². The van der Waals surface area contributed by atoms with E-state index in [1.807, 2.05) is 0 Å². The van der Waals surface area contributed by atoms with Crippen LogP contribution in [0.4, 0.5) is 0 Å². The molecule has 0 bridgehead atoms. The standard InChI is InChI=1S/C13H28N2O/c1-3-4-11-16-12-10-15(2)13-6-5-8-14-9-7-13/h13-14H,3-12H2,1-2H3. The third kappa shape index (κ3) is 5.83. The van der Waals surface area contributed by atoms with Gasteiger partial charge in [-0.15, -0.1) is 0 Å². The Morgan fingerprint density at radius 2 is 2.12 bits per heavy atom. The summed E-state index contributed by atoms with van der Waals surface area (Å²) in [4.78, 5) is 2.47. The van der Waals surface area contributed by atoms with Crippen molar-refractivity contribution in [2.75, 3.05) is 39.9 Å². The first-order chi connectivity index (χ1) is 7.84. The first-order valence-electron chi connectivity index (χ1n) is 6.83. The topological polar surface area (TPSA) is 24.5 Å². The summed E-state index contributed by atoms with van der Waals surface area (Å²) in [6.45, 7) is 7.46. The molecular weight excluding hydrogens is 200 g/mol. The Bertz CT molecular complexity index is 156. The van der Waals surface area contributed by atoms with Crippen LogP contribution in [0.2, 0.25) is 0 Å². The van der Waals surface area contributed by atoms with Crippen molar-refractivity contribution in [3.8, 4) is 0 Å². The Hall–Kier alpha value is -0.120. The molecule has 1 atom stereocenters. The van der Waals surface area contributed by atoms with Crippen molar-refractivity contribution in [3.63, 3.8) is 0 Å². The normalized spacial score (nSPS) is 22.3. The average Bonchev–Trinajstić information content (AvgIpc) is 2.57. The summed E-state index contributed by atoms with van der Waals surface area (Å²) in [5.74, 6) is 0. The molecule has 1 aliphatic rings. The smallest absolute Gasteiger partial charge is 0.0593 e. The number of unbranched alkanes of at least 4 members (excludes halogenated alkanes) is 1. The molecule has 0 aromatic rings. The van der Waals surface area contributed by atoms with Gasteiger partial charge in [0.15, 0.2) is 0 Å². The summed E-state index contributed by atoms with van der Waals surface area (Å²) in [5, 5.41) is 3.46. The van der Waals surface area contributed by atoms with Gasteiger partial charge in [0.25, 0.3) is 0 Å². The monoisotopic (exact) mass is 228 g/mol. The summed E-state index contributed by atoms with van der Waals surface area (Å²) >= 11 is 0. The highest BCUT2D eigenvalue weighted by molar-refractivity contribution is 4.73. The van der Waals surface area contributed by atoms with Crippen LogP contribution >= 0.6 is 0 Å². The number of nitrogens with one attached hydrogen (secondary N) is 1. The fraction of sp³-hybridized carbons (Fsp3) is 1.00. The minimum absolute atomic E-state index is 0.754. The molecule has 0 aliphatic carbocycles. The maximum Gasteiger partial charge on any atom is 0.0593 e. The van der Waals surface area contributed by atoms with Gasteiger partial charge >= 0.3 is 0 Å². The van der Waals surface area contributed by atoms with Gasteiger partial charge in [-0.3, -0.25) is 0 Å². The van der Waals surface area contributed by atoms with Gasteiger partial charge in [-0.2, -0.15) is 0 Å². The summed E-state index contributed by atoms with van der Waals surface area (Å²) in [7, 11) is 2.24. The van der Waals surface area contributed by atoms with E-state index >= 15 is 0 Å². The van der Waals surface area contributed by atoms with E-state index in [-0.39, 0.29) is 0 Å². The van der Waals surface area contributed by atoms with Crippen molar-refractivity contribution in [1.82, 2.24) is 10.2 Å². The van der Waals surface area contributed by atoms with Crippen LogP contribution in [-0.2, 0) is 4.74 Å². The molecular formula is C13H28N2O. The molecule has 1 heterocycles. The molecule has 1 unspecified atom stereocenters. The van der Waals surface area contributed by atoms with Crippen molar-refractivity contribution in [2.24, 2.45) is 0 Å². The van der Waals surface area contributed by atoms with Gasteiger partial charge in [-0.1, -0.05) is 13.3 Å². The second-order valence-corrected chi connectivity index (χ2v) is 4.78. The largest absolute Gasteiger partial charge is 0.380 e. The van der Waals surface area contributed by atoms with Crippen LogP contribution in [0.5, 0.6) is 0 Å². The molecule has 1 fully saturated rings. The highest BCUT2D eigenvalue weighted by atomic mass is 16.5. The van der Waals surface area contributed by atoms with E-state index in [0.29, 0.717) is 0 Å². The van der Waals surface area contributed by atoms with Crippen molar-refractivity contribution >= 4 is 0 Å². The lowest BCUT2D eigenvalue weighted by atomic mass is 10.1. The lowest BCUT2D eigenvalue weighted by Gasteiger charge is -2.26. The predicted octanol–water partition coefficient (Wildman–Crippen LogP) is 1.88. The number of rotatable bonds is 7. The molecule has 1 N–H and O–H groups in total. The van der Waals surface area contributed by atoms with E-state index in [9.17, 15) is 0 Å². The zero-order chi connectivity index (χ0) is 11.6. The third-order valence-electron chi connectivity index (χ3n) is 3.40. The summed E-state index contributed by atoms with van der Waals surface area (Å²) in [6, 6.07) is 0.754. The molecule has 3 nitrogen and oxygen atoms in total. The van der Waals surface area contributed by atoms with Crippen molar-refractivity contribution in [3.05, 3.63) is 0 Å². The van der Waals surface area contributed by atoms with Gasteiger partial charge in [-0.05, 0) is 45.8 Å². The molecule has 0 aromatic carbocycles.